The molecule has 21 heavy (non-hydrogen) atoms. The molecule has 0 N–H and O–H groups in total. The summed E-state index contributed by atoms with van der Waals surface area (Å²) in [7, 11) is 0. The molecule has 0 aliphatic rings. The quantitative estimate of drug-likeness (QED) is 0.731. The zero-order chi connectivity index (χ0) is 14.7. The lowest BCUT2D eigenvalue weighted by Gasteiger charge is -2.08. The monoisotopic (exact) mass is 278 g/mol. The number of nitrogens with zero attached hydrogens (tertiary/aromatic N) is 2. The van der Waals surface area contributed by atoms with Crippen molar-refractivity contribution in [3.63, 3.8) is 0 Å². The predicted molar refractivity (Wildman–Crippen MR) is 77.2 cm³/mol. The molecule has 102 valence electrons. The first kappa shape index (κ1) is 13.1. The first-order valence-electron chi connectivity index (χ1n) is 6.42. The largest absolute Gasteiger partial charge is 0.487 e. The van der Waals surface area contributed by atoms with Gasteiger partial charge in [-0.25, -0.2) is 4.39 Å². The minimum atomic E-state index is -0.385. The van der Waals surface area contributed by atoms with Crippen molar-refractivity contribution < 1.29 is 9.13 Å². The SMILES string of the molecule is N#Cc1ccc(F)cc1COc1cnc2ccccc2c1. The second kappa shape index (κ2) is 5.59. The van der Waals surface area contributed by atoms with E-state index in [4.69, 9.17) is 10.00 Å². The smallest absolute Gasteiger partial charge is 0.138 e. The van der Waals surface area contributed by atoms with Gasteiger partial charge in [-0.1, -0.05) is 18.2 Å². The summed E-state index contributed by atoms with van der Waals surface area (Å²) in [5, 5.41) is 9.97. The number of para-hydroxylation sites is 1. The molecule has 0 unspecified atom stereocenters. The Labute approximate surface area is 121 Å². The topological polar surface area (TPSA) is 45.9 Å². The molecule has 0 bridgehead atoms. The minimum Gasteiger partial charge on any atom is -0.487 e. The lowest BCUT2D eigenvalue weighted by atomic mass is 10.1. The summed E-state index contributed by atoms with van der Waals surface area (Å²) >= 11 is 0. The Balaban J connectivity index is 1.83. The van der Waals surface area contributed by atoms with E-state index in [-0.39, 0.29) is 12.4 Å². The number of benzene rings is 2. The lowest BCUT2D eigenvalue weighted by Crippen LogP contribution is -1.99. The van der Waals surface area contributed by atoms with Gasteiger partial charge in [-0.2, -0.15) is 5.26 Å². The second-order valence-corrected chi connectivity index (χ2v) is 4.57. The van der Waals surface area contributed by atoms with E-state index < -0.39 is 0 Å². The van der Waals surface area contributed by atoms with Crippen LogP contribution in [0.15, 0.2) is 54.7 Å². The van der Waals surface area contributed by atoms with Gasteiger partial charge in [0.2, 0.25) is 0 Å². The van der Waals surface area contributed by atoms with Crippen molar-refractivity contribution >= 4 is 10.9 Å². The van der Waals surface area contributed by atoms with Crippen molar-refractivity contribution in [2.24, 2.45) is 0 Å². The number of ether oxygens (including phenoxy) is 1. The maximum atomic E-state index is 13.2. The van der Waals surface area contributed by atoms with Crippen molar-refractivity contribution in [1.82, 2.24) is 4.98 Å². The standard InChI is InChI=1S/C17H11FN2O/c18-15-6-5-13(9-19)14(7-15)11-21-16-8-12-3-1-2-4-17(12)20-10-16/h1-8,10H,11H2. The zero-order valence-corrected chi connectivity index (χ0v) is 11.1. The van der Waals surface area contributed by atoms with E-state index in [1.807, 2.05) is 36.4 Å². The van der Waals surface area contributed by atoms with E-state index in [0.717, 1.165) is 10.9 Å². The average molecular weight is 278 g/mol. The van der Waals surface area contributed by atoms with Gasteiger partial charge in [0.1, 0.15) is 18.2 Å². The Kier molecular flexibility index (Phi) is 3.48. The van der Waals surface area contributed by atoms with Crippen LogP contribution in [-0.2, 0) is 6.61 Å². The van der Waals surface area contributed by atoms with Crippen molar-refractivity contribution in [2.75, 3.05) is 0 Å². The first-order valence-corrected chi connectivity index (χ1v) is 6.42. The van der Waals surface area contributed by atoms with Gasteiger partial charge in [0, 0.05) is 10.9 Å². The second-order valence-electron chi connectivity index (χ2n) is 4.57. The summed E-state index contributed by atoms with van der Waals surface area (Å²) < 4.78 is 18.9. The number of rotatable bonds is 3. The fourth-order valence-electron chi connectivity index (χ4n) is 2.08. The number of hydrogen-bond donors (Lipinski definition) is 0. The number of fused-ring (bicyclic) bond motifs is 1. The van der Waals surface area contributed by atoms with Crippen molar-refractivity contribution in [3.8, 4) is 11.8 Å². The van der Waals surface area contributed by atoms with Crippen LogP contribution in [0.1, 0.15) is 11.1 Å². The summed E-state index contributed by atoms with van der Waals surface area (Å²) in [6.07, 6.45) is 1.62. The average Bonchev–Trinajstić information content (AvgIpc) is 2.53. The van der Waals surface area contributed by atoms with E-state index in [2.05, 4.69) is 4.98 Å². The number of hydrogen-bond acceptors (Lipinski definition) is 3. The third kappa shape index (κ3) is 2.82. The zero-order valence-electron chi connectivity index (χ0n) is 11.1. The van der Waals surface area contributed by atoms with E-state index in [0.29, 0.717) is 16.9 Å². The normalized spacial score (nSPS) is 10.3. The Morgan fingerprint density at radius 3 is 2.86 bits per heavy atom. The maximum absolute atomic E-state index is 13.2. The van der Waals surface area contributed by atoms with Crippen molar-refractivity contribution in [3.05, 3.63) is 71.7 Å². The van der Waals surface area contributed by atoms with Crippen LogP contribution in [0.3, 0.4) is 0 Å². The molecular weight excluding hydrogens is 267 g/mol. The van der Waals surface area contributed by atoms with Gasteiger partial charge in [-0.05, 0) is 30.3 Å². The highest BCUT2D eigenvalue weighted by Gasteiger charge is 2.05. The summed E-state index contributed by atoms with van der Waals surface area (Å²) in [5.74, 6) is 0.200. The van der Waals surface area contributed by atoms with Crippen LogP contribution in [0.25, 0.3) is 10.9 Å². The molecule has 3 rings (SSSR count). The van der Waals surface area contributed by atoms with Crippen LogP contribution in [0.5, 0.6) is 5.75 Å². The predicted octanol–water partition coefficient (Wildman–Crippen LogP) is 3.82. The first-order chi connectivity index (χ1) is 10.3. The highest BCUT2D eigenvalue weighted by atomic mass is 19.1. The molecule has 0 fully saturated rings. The third-order valence-corrected chi connectivity index (χ3v) is 3.15. The molecule has 3 nitrogen and oxygen atoms in total. The summed E-state index contributed by atoms with van der Waals surface area (Å²) in [4.78, 5) is 4.29. The molecule has 0 saturated heterocycles. The molecule has 0 spiro atoms. The molecule has 0 aliphatic heterocycles. The molecule has 3 aromatic rings. The maximum Gasteiger partial charge on any atom is 0.138 e. The van der Waals surface area contributed by atoms with Gasteiger partial charge in [0.25, 0.3) is 0 Å². The molecule has 4 heteroatoms. The molecular formula is C17H11FN2O. The van der Waals surface area contributed by atoms with Crippen LogP contribution in [0.2, 0.25) is 0 Å². The number of halogens is 1. The summed E-state index contributed by atoms with van der Waals surface area (Å²) in [6.45, 7) is 0.126. The van der Waals surface area contributed by atoms with Crippen molar-refractivity contribution in [1.29, 1.82) is 5.26 Å². The molecule has 0 radical (unpaired) electrons. The van der Waals surface area contributed by atoms with E-state index >= 15 is 0 Å². The van der Waals surface area contributed by atoms with Gasteiger partial charge in [-0.15, -0.1) is 0 Å². The number of aromatic nitrogens is 1. The number of pyridine rings is 1. The van der Waals surface area contributed by atoms with E-state index in [1.165, 1.54) is 18.2 Å². The van der Waals surface area contributed by atoms with Gasteiger partial charge < -0.3 is 4.74 Å². The van der Waals surface area contributed by atoms with E-state index in [9.17, 15) is 4.39 Å². The minimum absolute atomic E-state index is 0.126. The third-order valence-electron chi connectivity index (χ3n) is 3.15. The molecule has 0 amide bonds. The van der Waals surface area contributed by atoms with Crippen molar-refractivity contribution in [2.45, 2.75) is 6.61 Å². The lowest BCUT2D eigenvalue weighted by molar-refractivity contribution is 0.304. The molecule has 1 heterocycles. The summed E-state index contributed by atoms with van der Waals surface area (Å²) in [5.41, 5.74) is 1.81. The molecule has 2 aromatic carbocycles. The Morgan fingerprint density at radius 1 is 1.14 bits per heavy atom. The van der Waals surface area contributed by atoms with Crippen LogP contribution >= 0.6 is 0 Å². The molecule has 0 aliphatic carbocycles. The number of nitriles is 1. The van der Waals surface area contributed by atoms with Gasteiger partial charge >= 0.3 is 0 Å². The fourth-order valence-corrected chi connectivity index (χ4v) is 2.08. The van der Waals surface area contributed by atoms with Gasteiger partial charge in [0.05, 0.1) is 23.3 Å². The Morgan fingerprint density at radius 2 is 2.00 bits per heavy atom. The fraction of sp³-hybridized carbons (Fsp3) is 0.0588. The van der Waals surface area contributed by atoms with Gasteiger partial charge in [0.15, 0.2) is 0 Å². The Bertz CT molecular complexity index is 840. The van der Waals surface area contributed by atoms with Crippen LogP contribution < -0.4 is 4.74 Å². The molecule has 1 aromatic heterocycles. The van der Waals surface area contributed by atoms with Gasteiger partial charge in [-0.3, -0.25) is 4.98 Å². The van der Waals surface area contributed by atoms with Crippen LogP contribution in [0, 0.1) is 17.1 Å². The summed E-state index contributed by atoms with van der Waals surface area (Å²) in [6, 6.07) is 15.6. The molecule has 0 saturated carbocycles. The molecule has 0 atom stereocenters. The highest BCUT2D eigenvalue weighted by Crippen LogP contribution is 2.20. The Hall–Kier alpha value is -2.93. The van der Waals surface area contributed by atoms with Crippen LogP contribution in [-0.4, -0.2) is 4.98 Å². The van der Waals surface area contributed by atoms with Crippen LogP contribution in [0.4, 0.5) is 4.39 Å². The highest BCUT2D eigenvalue weighted by molar-refractivity contribution is 5.79. The van der Waals surface area contributed by atoms with E-state index in [1.54, 1.807) is 6.20 Å².